The Balaban J connectivity index is 2.24. The van der Waals surface area contributed by atoms with Gasteiger partial charge in [-0.3, -0.25) is 9.69 Å². The van der Waals surface area contributed by atoms with Crippen LogP contribution in [0.25, 0.3) is 0 Å². The van der Waals surface area contributed by atoms with Crippen molar-refractivity contribution in [2.45, 2.75) is 57.8 Å². The molecule has 1 heterocycles. The first-order valence-corrected chi connectivity index (χ1v) is 6.90. The lowest BCUT2D eigenvalue weighted by atomic mass is 9.83. The summed E-state index contributed by atoms with van der Waals surface area (Å²) in [7, 11) is 0. The van der Waals surface area contributed by atoms with Gasteiger partial charge < -0.3 is 5.11 Å². The second-order valence-electron chi connectivity index (χ2n) is 6.15. The van der Waals surface area contributed by atoms with Gasteiger partial charge in [0.2, 0.25) is 0 Å². The topological polar surface area (TPSA) is 40.5 Å². The molecule has 0 saturated carbocycles. The molecule has 2 atom stereocenters. The van der Waals surface area contributed by atoms with Crippen LogP contribution in [0.5, 0.6) is 0 Å². The van der Waals surface area contributed by atoms with Crippen LogP contribution in [0, 0.1) is 0 Å². The van der Waals surface area contributed by atoms with Crippen LogP contribution in [0.4, 0.5) is 0 Å². The van der Waals surface area contributed by atoms with Crippen molar-refractivity contribution in [3.8, 4) is 0 Å². The van der Waals surface area contributed by atoms with E-state index < -0.39 is 6.10 Å². The van der Waals surface area contributed by atoms with E-state index in [4.69, 9.17) is 0 Å². The molecule has 0 spiro atoms. The Labute approximate surface area is 115 Å². The second kappa shape index (κ2) is 5.43. The molecule has 1 fully saturated rings. The second-order valence-corrected chi connectivity index (χ2v) is 6.15. The zero-order valence-corrected chi connectivity index (χ0v) is 12.0. The van der Waals surface area contributed by atoms with Crippen LogP contribution in [0.3, 0.4) is 0 Å². The quantitative estimate of drug-likeness (QED) is 0.908. The summed E-state index contributed by atoms with van der Waals surface area (Å²) in [6.45, 7) is 6.72. The summed E-state index contributed by atoms with van der Waals surface area (Å²) >= 11 is 0. The Morgan fingerprint density at radius 1 is 1.37 bits per heavy atom. The third kappa shape index (κ3) is 3.23. The molecule has 0 radical (unpaired) electrons. The van der Waals surface area contributed by atoms with Gasteiger partial charge in [0.1, 0.15) is 5.78 Å². The van der Waals surface area contributed by atoms with Crippen LogP contribution in [-0.4, -0.2) is 33.5 Å². The molecular formula is C16H23NO2. The monoisotopic (exact) mass is 261 g/mol. The van der Waals surface area contributed by atoms with Crippen molar-refractivity contribution in [1.29, 1.82) is 0 Å². The average Bonchev–Trinajstić information content (AvgIpc) is 2.32. The maximum Gasteiger partial charge on any atom is 0.136 e. The van der Waals surface area contributed by atoms with E-state index in [1.807, 2.05) is 18.2 Å². The van der Waals surface area contributed by atoms with Crippen molar-refractivity contribution < 1.29 is 9.90 Å². The van der Waals surface area contributed by atoms with Gasteiger partial charge in [-0.2, -0.15) is 0 Å². The average molecular weight is 261 g/mol. The Hall–Kier alpha value is -1.19. The molecule has 0 bridgehead atoms. The first-order chi connectivity index (χ1) is 8.90. The number of rotatable bonds is 3. The van der Waals surface area contributed by atoms with E-state index in [0.29, 0.717) is 12.8 Å². The molecule has 3 heteroatoms. The molecule has 0 aliphatic carbocycles. The smallest absolute Gasteiger partial charge is 0.136 e. The third-order valence-electron chi connectivity index (χ3n) is 4.00. The van der Waals surface area contributed by atoms with Crippen LogP contribution < -0.4 is 0 Å². The number of aliphatic hydroxyl groups is 1. The van der Waals surface area contributed by atoms with Crippen LogP contribution >= 0.6 is 0 Å². The zero-order chi connectivity index (χ0) is 14.0. The highest BCUT2D eigenvalue weighted by atomic mass is 16.3. The van der Waals surface area contributed by atoms with Gasteiger partial charge >= 0.3 is 0 Å². The zero-order valence-electron chi connectivity index (χ0n) is 12.0. The van der Waals surface area contributed by atoms with E-state index in [9.17, 15) is 9.90 Å². The van der Waals surface area contributed by atoms with Gasteiger partial charge in [0.05, 0.1) is 6.10 Å². The maximum absolute atomic E-state index is 11.9. The Morgan fingerprint density at radius 3 is 2.58 bits per heavy atom. The van der Waals surface area contributed by atoms with E-state index in [1.54, 1.807) is 6.92 Å². The summed E-state index contributed by atoms with van der Waals surface area (Å²) in [6.07, 6.45) is 0.518. The number of likely N-dealkylation sites (tertiary alicyclic amines) is 1. The lowest BCUT2D eigenvalue weighted by molar-refractivity contribution is -0.133. The predicted molar refractivity (Wildman–Crippen MR) is 75.8 cm³/mol. The normalized spacial score (nSPS) is 25.3. The van der Waals surface area contributed by atoms with Crippen molar-refractivity contribution in [2.75, 3.05) is 0 Å². The molecule has 0 unspecified atom stereocenters. The number of ketones is 1. The molecule has 1 saturated heterocycles. The molecule has 2 rings (SSSR count). The maximum atomic E-state index is 11.9. The van der Waals surface area contributed by atoms with E-state index >= 15 is 0 Å². The van der Waals surface area contributed by atoms with E-state index in [1.165, 1.54) is 5.56 Å². The molecule has 1 N–H and O–H groups in total. The number of carbonyl (C=O) groups excluding carboxylic acids is 1. The minimum atomic E-state index is -0.493. The Kier molecular flexibility index (Phi) is 4.07. The molecule has 0 amide bonds. The van der Waals surface area contributed by atoms with E-state index in [0.717, 1.165) is 6.54 Å². The highest BCUT2D eigenvalue weighted by molar-refractivity contribution is 5.81. The number of benzene rings is 1. The number of piperidine rings is 1. The molecule has 104 valence electrons. The standard InChI is InChI=1S/C16H23NO2/c1-12(18)15-9-14(19)10-16(2,3)17(15)11-13-7-5-4-6-8-13/h4-8,12,15,18H,9-11H2,1-3H3/t12-,15+/m1/s1. The van der Waals surface area contributed by atoms with E-state index in [2.05, 4.69) is 30.9 Å². The molecule has 0 aromatic heterocycles. The van der Waals surface area contributed by atoms with Crippen LogP contribution in [0.15, 0.2) is 30.3 Å². The van der Waals surface area contributed by atoms with Crippen molar-refractivity contribution in [2.24, 2.45) is 0 Å². The minimum Gasteiger partial charge on any atom is -0.392 e. The largest absolute Gasteiger partial charge is 0.392 e. The minimum absolute atomic E-state index is 0.0866. The van der Waals surface area contributed by atoms with Crippen molar-refractivity contribution in [3.63, 3.8) is 0 Å². The predicted octanol–water partition coefficient (Wildman–Crippen LogP) is 2.38. The van der Waals surface area contributed by atoms with Gasteiger partial charge in [0, 0.05) is 31.0 Å². The molecule has 3 nitrogen and oxygen atoms in total. The number of nitrogens with zero attached hydrogens (tertiary/aromatic N) is 1. The number of Topliss-reactive ketones (excluding diaryl/α,β-unsaturated/α-hetero) is 1. The number of hydrogen-bond donors (Lipinski definition) is 1. The van der Waals surface area contributed by atoms with Crippen molar-refractivity contribution >= 4 is 5.78 Å². The van der Waals surface area contributed by atoms with Crippen LogP contribution in [0.2, 0.25) is 0 Å². The number of carbonyl (C=O) groups is 1. The molecule has 1 aliphatic rings. The lowest BCUT2D eigenvalue weighted by Gasteiger charge is -2.48. The third-order valence-corrected chi connectivity index (χ3v) is 4.00. The van der Waals surface area contributed by atoms with Crippen LogP contribution in [-0.2, 0) is 11.3 Å². The summed E-state index contributed by atoms with van der Waals surface area (Å²) in [5, 5.41) is 9.98. The van der Waals surface area contributed by atoms with Crippen molar-refractivity contribution in [3.05, 3.63) is 35.9 Å². The Morgan fingerprint density at radius 2 is 2.00 bits per heavy atom. The molecule has 1 aromatic rings. The van der Waals surface area contributed by atoms with Gasteiger partial charge in [0.15, 0.2) is 0 Å². The fraction of sp³-hybridized carbons (Fsp3) is 0.562. The van der Waals surface area contributed by atoms with Gasteiger partial charge in [-0.05, 0) is 26.3 Å². The van der Waals surface area contributed by atoms with Crippen molar-refractivity contribution in [1.82, 2.24) is 4.90 Å². The first-order valence-electron chi connectivity index (χ1n) is 6.90. The molecule has 1 aromatic carbocycles. The SMILES string of the molecule is C[C@@H](O)[C@@H]1CC(=O)CC(C)(C)N1Cc1ccccc1. The molecule has 19 heavy (non-hydrogen) atoms. The summed E-state index contributed by atoms with van der Waals surface area (Å²) in [4.78, 5) is 14.1. The Bertz CT molecular complexity index is 439. The lowest BCUT2D eigenvalue weighted by Crippen LogP contribution is -2.58. The number of aliphatic hydroxyl groups excluding tert-OH is 1. The summed E-state index contributed by atoms with van der Waals surface area (Å²) < 4.78 is 0. The van der Waals surface area contributed by atoms with Gasteiger partial charge in [-0.1, -0.05) is 30.3 Å². The summed E-state index contributed by atoms with van der Waals surface area (Å²) in [6, 6.07) is 10.1. The fourth-order valence-electron chi connectivity index (χ4n) is 2.99. The number of hydrogen-bond acceptors (Lipinski definition) is 3. The highest BCUT2D eigenvalue weighted by Gasteiger charge is 2.41. The first kappa shape index (κ1) is 14.2. The summed E-state index contributed by atoms with van der Waals surface area (Å²) in [5.41, 5.74) is 1.02. The van der Waals surface area contributed by atoms with Crippen LogP contribution in [0.1, 0.15) is 39.2 Å². The van der Waals surface area contributed by atoms with E-state index in [-0.39, 0.29) is 17.4 Å². The van der Waals surface area contributed by atoms with Gasteiger partial charge in [-0.25, -0.2) is 0 Å². The van der Waals surface area contributed by atoms with Gasteiger partial charge in [-0.15, -0.1) is 0 Å². The molecule has 1 aliphatic heterocycles. The highest BCUT2D eigenvalue weighted by Crippen LogP contribution is 2.32. The fourth-order valence-corrected chi connectivity index (χ4v) is 2.99. The summed E-state index contributed by atoms with van der Waals surface area (Å²) in [5.74, 6) is 0.250. The molecular weight excluding hydrogens is 238 g/mol. The van der Waals surface area contributed by atoms with Gasteiger partial charge in [0.25, 0.3) is 0 Å².